The Bertz CT molecular complexity index is 653. The quantitative estimate of drug-likeness (QED) is 0.804. The average molecular weight is 275 g/mol. The fraction of sp³-hybridized carbons (Fsp3) is 0.200. The van der Waals surface area contributed by atoms with Gasteiger partial charge in [0.25, 0.3) is 0 Å². The number of para-hydroxylation sites is 1. The van der Waals surface area contributed by atoms with Crippen molar-refractivity contribution >= 4 is 5.69 Å². The zero-order chi connectivity index (χ0) is 14.7. The Balaban J connectivity index is 1.95. The third-order valence-electron chi connectivity index (χ3n) is 3.97. The van der Waals surface area contributed by atoms with Crippen molar-refractivity contribution < 1.29 is 0 Å². The van der Waals surface area contributed by atoms with Gasteiger partial charge < -0.3 is 5.32 Å². The van der Waals surface area contributed by atoms with Crippen LogP contribution in [0.25, 0.3) is 0 Å². The summed E-state index contributed by atoms with van der Waals surface area (Å²) >= 11 is 0. The minimum Gasteiger partial charge on any atom is -0.376 e. The fourth-order valence-corrected chi connectivity index (χ4v) is 2.95. The third-order valence-corrected chi connectivity index (χ3v) is 3.97. The SMILES string of the molecule is CC(C)(Nc1ccccc1)c1ccccc1C1C=CC=C1. The molecule has 0 heterocycles. The maximum Gasteiger partial charge on any atom is 0.0572 e. The number of allylic oxidation sites excluding steroid dienone is 4. The molecule has 0 saturated carbocycles. The number of hydrogen-bond donors (Lipinski definition) is 1. The summed E-state index contributed by atoms with van der Waals surface area (Å²) in [5, 5.41) is 3.65. The largest absolute Gasteiger partial charge is 0.376 e. The molecule has 106 valence electrons. The van der Waals surface area contributed by atoms with Crippen LogP contribution in [0.5, 0.6) is 0 Å². The molecule has 1 heteroatoms. The molecule has 0 bridgehead atoms. The normalized spacial score (nSPS) is 14.6. The van der Waals surface area contributed by atoms with Gasteiger partial charge >= 0.3 is 0 Å². The Hall–Kier alpha value is -2.28. The maximum atomic E-state index is 3.65. The van der Waals surface area contributed by atoms with Gasteiger partial charge in [-0.1, -0.05) is 66.8 Å². The molecule has 0 aromatic heterocycles. The predicted octanol–water partition coefficient (Wildman–Crippen LogP) is 5.24. The fourth-order valence-electron chi connectivity index (χ4n) is 2.95. The molecule has 0 atom stereocenters. The summed E-state index contributed by atoms with van der Waals surface area (Å²) in [4.78, 5) is 0. The van der Waals surface area contributed by atoms with Crippen LogP contribution >= 0.6 is 0 Å². The second-order valence-electron chi connectivity index (χ2n) is 6.00. The molecule has 0 aliphatic heterocycles. The lowest BCUT2D eigenvalue weighted by molar-refractivity contribution is 0.601. The Kier molecular flexibility index (Phi) is 3.66. The van der Waals surface area contributed by atoms with Gasteiger partial charge in [-0.3, -0.25) is 0 Å². The summed E-state index contributed by atoms with van der Waals surface area (Å²) in [6.45, 7) is 4.47. The lowest BCUT2D eigenvalue weighted by Gasteiger charge is -2.31. The zero-order valence-electron chi connectivity index (χ0n) is 12.6. The van der Waals surface area contributed by atoms with Crippen LogP contribution in [-0.2, 0) is 5.54 Å². The summed E-state index contributed by atoms with van der Waals surface area (Å²) in [5.74, 6) is 0.387. The molecule has 3 rings (SSSR count). The Morgan fingerprint density at radius 3 is 2.14 bits per heavy atom. The topological polar surface area (TPSA) is 12.0 Å². The second kappa shape index (κ2) is 5.61. The summed E-state index contributed by atoms with van der Waals surface area (Å²) in [7, 11) is 0. The number of anilines is 1. The molecule has 1 N–H and O–H groups in total. The van der Waals surface area contributed by atoms with Gasteiger partial charge in [0.05, 0.1) is 5.54 Å². The first kappa shape index (κ1) is 13.7. The molecule has 21 heavy (non-hydrogen) atoms. The molecule has 0 fully saturated rings. The van der Waals surface area contributed by atoms with Crippen LogP contribution in [0.15, 0.2) is 78.9 Å². The van der Waals surface area contributed by atoms with E-state index in [-0.39, 0.29) is 5.54 Å². The first-order valence-corrected chi connectivity index (χ1v) is 7.44. The van der Waals surface area contributed by atoms with Crippen LogP contribution in [0.2, 0.25) is 0 Å². The third kappa shape index (κ3) is 2.92. The summed E-state index contributed by atoms with van der Waals surface area (Å²) < 4.78 is 0. The van der Waals surface area contributed by atoms with E-state index in [4.69, 9.17) is 0 Å². The van der Waals surface area contributed by atoms with E-state index in [1.807, 2.05) is 6.07 Å². The van der Waals surface area contributed by atoms with E-state index >= 15 is 0 Å². The molecule has 0 spiro atoms. The van der Waals surface area contributed by atoms with E-state index in [0.29, 0.717) is 5.92 Å². The van der Waals surface area contributed by atoms with Crippen molar-refractivity contribution in [1.29, 1.82) is 0 Å². The standard InChI is InChI=1S/C20H21N/c1-20(2,21-17-12-4-3-5-13-17)19-15-9-8-14-18(19)16-10-6-7-11-16/h3-16,21H,1-2H3. The molecule has 1 aliphatic carbocycles. The highest BCUT2D eigenvalue weighted by Crippen LogP contribution is 2.34. The molecule has 0 saturated heterocycles. The van der Waals surface area contributed by atoms with Gasteiger partial charge in [0.2, 0.25) is 0 Å². The molecule has 1 nitrogen and oxygen atoms in total. The molecular weight excluding hydrogens is 254 g/mol. The molecule has 2 aromatic carbocycles. The van der Waals surface area contributed by atoms with Crippen molar-refractivity contribution in [3.05, 3.63) is 90.0 Å². The average Bonchev–Trinajstić information content (AvgIpc) is 3.02. The minimum atomic E-state index is -0.123. The van der Waals surface area contributed by atoms with Crippen LogP contribution < -0.4 is 5.32 Å². The van der Waals surface area contributed by atoms with Crippen molar-refractivity contribution in [2.24, 2.45) is 0 Å². The van der Waals surface area contributed by atoms with E-state index < -0.39 is 0 Å². The van der Waals surface area contributed by atoms with Crippen molar-refractivity contribution in [2.75, 3.05) is 5.32 Å². The first-order valence-electron chi connectivity index (χ1n) is 7.44. The van der Waals surface area contributed by atoms with Crippen LogP contribution in [0.3, 0.4) is 0 Å². The Labute approximate surface area is 127 Å². The van der Waals surface area contributed by atoms with Gasteiger partial charge in [0.1, 0.15) is 0 Å². The zero-order valence-corrected chi connectivity index (χ0v) is 12.6. The van der Waals surface area contributed by atoms with Crippen molar-refractivity contribution in [3.8, 4) is 0 Å². The van der Waals surface area contributed by atoms with E-state index in [1.165, 1.54) is 11.1 Å². The highest BCUT2D eigenvalue weighted by Gasteiger charge is 2.25. The van der Waals surface area contributed by atoms with Crippen molar-refractivity contribution in [2.45, 2.75) is 25.3 Å². The first-order chi connectivity index (χ1) is 10.2. The van der Waals surface area contributed by atoms with E-state index in [2.05, 4.69) is 92.0 Å². The highest BCUT2D eigenvalue weighted by atomic mass is 15.0. The summed E-state index contributed by atoms with van der Waals surface area (Å²) in [5.41, 5.74) is 3.74. The highest BCUT2D eigenvalue weighted by molar-refractivity contribution is 5.50. The van der Waals surface area contributed by atoms with Gasteiger partial charge in [-0.15, -0.1) is 0 Å². The molecule has 2 aromatic rings. The summed E-state index contributed by atoms with van der Waals surface area (Å²) in [6.07, 6.45) is 8.74. The van der Waals surface area contributed by atoms with Crippen molar-refractivity contribution in [1.82, 2.24) is 0 Å². The van der Waals surface area contributed by atoms with Crippen molar-refractivity contribution in [3.63, 3.8) is 0 Å². The second-order valence-corrected chi connectivity index (χ2v) is 6.00. The number of hydrogen-bond acceptors (Lipinski definition) is 1. The lowest BCUT2D eigenvalue weighted by atomic mass is 9.84. The lowest BCUT2D eigenvalue weighted by Crippen LogP contribution is -2.29. The van der Waals surface area contributed by atoms with Crippen LogP contribution in [0.4, 0.5) is 5.69 Å². The van der Waals surface area contributed by atoms with E-state index in [0.717, 1.165) is 5.69 Å². The molecule has 0 unspecified atom stereocenters. The number of benzene rings is 2. The smallest absolute Gasteiger partial charge is 0.0572 e. The van der Waals surface area contributed by atoms with Gasteiger partial charge in [-0.25, -0.2) is 0 Å². The van der Waals surface area contributed by atoms with Gasteiger partial charge in [0, 0.05) is 11.6 Å². The van der Waals surface area contributed by atoms with E-state index in [1.54, 1.807) is 0 Å². The van der Waals surface area contributed by atoms with Crippen LogP contribution in [-0.4, -0.2) is 0 Å². The van der Waals surface area contributed by atoms with Crippen LogP contribution in [0.1, 0.15) is 30.9 Å². The van der Waals surface area contributed by atoms with Gasteiger partial charge in [-0.2, -0.15) is 0 Å². The molecular formula is C20H21N. The Morgan fingerprint density at radius 2 is 1.43 bits per heavy atom. The predicted molar refractivity (Wildman–Crippen MR) is 90.6 cm³/mol. The van der Waals surface area contributed by atoms with Gasteiger partial charge in [0.15, 0.2) is 0 Å². The van der Waals surface area contributed by atoms with E-state index in [9.17, 15) is 0 Å². The monoisotopic (exact) mass is 275 g/mol. The number of rotatable bonds is 4. The minimum absolute atomic E-state index is 0.123. The van der Waals surface area contributed by atoms with Crippen LogP contribution in [0, 0.1) is 0 Å². The number of nitrogens with one attached hydrogen (secondary N) is 1. The molecule has 1 aliphatic rings. The Morgan fingerprint density at radius 1 is 0.810 bits per heavy atom. The molecule has 0 radical (unpaired) electrons. The summed E-state index contributed by atoms with van der Waals surface area (Å²) in [6, 6.07) is 19.1. The van der Waals surface area contributed by atoms with Gasteiger partial charge in [-0.05, 0) is 37.1 Å². The molecule has 0 amide bonds. The maximum absolute atomic E-state index is 3.65.